The summed E-state index contributed by atoms with van der Waals surface area (Å²) in [4.78, 5) is 22.8. The Morgan fingerprint density at radius 2 is 1.93 bits per heavy atom. The molecule has 1 atom stereocenters. The third-order valence-electron chi connectivity index (χ3n) is 4.46. The number of hydrogen-bond donors (Lipinski definition) is 2. The second-order valence-electron chi connectivity index (χ2n) is 6.53. The number of benzene rings is 1. The van der Waals surface area contributed by atoms with Gasteiger partial charge in [-0.1, -0.05) is 0 Å². The number of nitrogens with zero attached hydrogens (tertiary/aromatic N) is 4. The molecule has 1 aliphatic rings. The molecular formula is C18H21F3N6O. The van der Waals surface area contributed by atoms with Gasteiger partial charge in [-0.15, -0.1) is 0 Å². The van der Waals surface area contributed by atoms with Crippen LogP contribution in [-0.4, -0.2) is 53.1 Å². The first-order valence-electron chi connectivity index (χ1n) is 8.88. The van der Waals surface area contributed by atoms with E-state index in [4.69, 9.17) is 5.73 Å². The molecule has 0 saturated carbocycles. The van der Waals surface area contributed by atoms with Crippen LogP contribution < -0.4 is 16.1 Å². The van der Waals surface area contributed by atoms with Crippen molar-refractivity contribution in [1.82, 2.24) is 20.4 Å². The van der Waals surface area contributed by atoms with E-state index in [0.29, 0.717) is 32.2 Å². The van der Waals surface area contributed by atoms with Crippen molar-refractivity contribution in [3.8, 4) is 0 Å². The van der Waals surface area contributed by atoms with E-state index in [1.807, 2.05) is 4.90 Å². The molecule has 0 unspecified atom stereocenters. The highest BCUT2D eigenvalue weighted by Crippen LogP contribution is 2.16. The SMILES string of the molecule is N[C@@H](CC(=O)N1CCN(c2cnccn2)CCN1)Cc1cc(F)c(F)cc1F. The number of hydrogen-bond acceptors (Lipinski definition) is 6. The third-order valence-corrected chi connectivity index (χ3v) is 4.46. The molecular weight excluding hydrogens is 373 g/mol. The number of carbonyl (C=O) groups excluding carboxylic acids is 1. The Balaban J connectivity index is 1.55. The quantitative estimate of drug-likeness (QED) is 0.736. The van der Waals surface area contributed by atoms with Gasteiger partial charge in [0.15, 0.2) is 11.6 Å². The van der Waals surface area contributed by atoms with Crippen molar-refractivity contribution in [2.24, 2.45) is 5.73 Å². The lowest BCUT2D eigenvalue weighted by atomic mass is 10.0. The molecule has 0 radical (unpaired) electrons. The Hall–Kier alpha value is -2.72. The maximum atomic E-state index is 13.8. The molecule has 0 spiro atoms. The van der Waals surface area contributed by atoms with Crippen LogP contribution in [0.2, 0.25) is 0 Å². The van der Waals surface area contributed by atoms with Gasteiger partial charge in [0.05, 0.1) is 12.7 Å². The summed E-state index contributed by atoms with van der Waals surface area (Å²) < 4.78 is 40.1. The van der Waals surface area contributed by atoms with E-state index in [-0.39, 0.29) is 24.3 Å². The first-order valence-corrected chi connectivity index (χ1v) is 8.88. The molecule has 1 aliphatic heterocycles. The number of amides is 1. The van der Waals surface area contributed by atoms with Crippen molar-refractivity contribution in [2.45, 2.75) is 18.9 Å². The molecule has 1 fully saturated rings. The van der Waals surface area contributed by atoms with Crippen LogP contribution >= 0.6 is 0 Å². The van der Waals surface area contributed by atoms with Gasteiger partial charge >= 0.3 is 0 Å². The Morgan fingerprint density at radius 1 is 1.14 bits per heavy atom. The number of carbonyl (C=O) groups is 1. The van der Waals surface area contributed by atoms with E-state index in [1.165, 1.54) is 5.01 Å². The second kappa shape index (κ2) is 8.98. The van der Waals surface area contributed by atoms with Gasteiger partial charge in [0.25, 0.3) is 0 Å². The van der Waals surface area contributed by atoms with Gasteiger partial charge in [-0.3, -0.25) is 14.8 Å². The molecule has 2 aromatic rings. The molecule has 150 valence electrons. The lowest BCUT2D eigenvalue weighted by molar-refractivity contribution is -0.134. The fourth-order valence-electron chi connectivity index (χ4n) is 3.04. The third kappa shape index (κ3) is 4.96. The van der Waals surface area contributed by atoms with Crippen LogP contribution in [0.3, 0.4) is 0 Å². The van der Waals surface area contributed by atoms with Crippen molar-refractivity contribution < 1.29 is 18.0 Å². The number of nitrogens with one attached hydrogen (secondary N) is 1. The first-order chi connectivity index (χ1) is 13.4. The number of aromatic nitrogens is 2. The molecule has 1 amide bonds. The van der Waals surface area contributed by atoms with Crippen molar-refractivity contribution >= 4 is 11.7 Å². The van der Waals surface area contributed by atoms with Crippen LogP contribution in [0.15, 0.2) is 30.7 Å². The molecule has 1 saturated heterocycles. The standard InChI is InChI=1S/C18H21F3N6O/c19-14-10-16(21)15(20)8-12(14)7-13(22)9-18(28)27-6-5-26(4-3-25-27)17-11-23-1-2-24-17/h1-2,8,10-11,13,25H,3-7,9,22H2/t13-/m1/s1. The molecule has 28 heavy (non-hydrogen) atoms. The zero-order valence-electron chi connectivity index (χ0n) is 15.1. The molecule has 1 aromatic carbocycles. The summed E-state index contributed by atoms with van der Waals surface area (Å²) in [5.41, 5.74) is 8.92. The van der Waals surface area contributed by atoms with Crippen LogP contribution in [0.25, 0.3) is 0 Å². The summed E-state index contributed by atoms with van der Waals surface area (Å²) in [7, 11) is 0. The summed E-state index contributed by atoms with van der Waals surface area (Å²) in [5, 5.41) is 1.47. The number of nitrogens with two attached hydrogens (primary N) is 1. The van der Waals surface area contributed by atoms with Gasteiger partial charge in [0.2, 0.25) is 5.91 Å². The first kappa shape index (κ1) is 20.0. The van der Waals surface area contributed by atoms with Gasteiger partial charge in [0, 0.05) is 50.6 Å². The van der Waals surface area contributed by atoms with Gasteiger partial charge in [-0.2, -0.15) is 0 Å². The zero-order chi connectivity index (χ0) is 20.1. The lowest BCUT2D eigenvalue weighted by Crippen LogP contribution is -2.46. The van der Waals surface area contributed by atoms with E-state index in [2.05, 4.69) is 15.4 Å². The Bertz CT molecular complexity index is 822. The largest absolute Gasteiger partial charge is 0.352 e. The van der Waals surface area contributed by atoms with Crippen LogP contribution in [-0.2, 0) is 11.2 Å². The summed E-state index contributed by atoms with van der Waals surface area (Å²) in [6.07, 6.45) is 4.72. The maximum Gasteiger partial charge on any atom is 0.238 e. The number of anilines is 1. The molecule has 0 bridgehead atoms. The summed E-state index contributed by atoms with van der Waals surface area (Å²) in [6, 6.07) is 0.530. The minimum atomic E-state index is -1.26. The fourth-order valence-corrected chi connectivity index (χ4v) is 3.04. The predicted octanol–water partition coefficient (Wildman–Crippen LogP) is 1.01. The predicted molar refractivity (Wildman–Crippen MR) is 96.6 cm³/mol. The van der Waals surface area contributed by atoms with Crippen LogP contribution in [0.5, 0.6) is 0 Å². The Kier molecular flexibility index (Phi) is 6.42. The highest BCUT2D eigenvalue weighted by atomic mass is 19.2. The molecule has 10 heteroatoms. The van der Waals surface area contributed by atoms with E-state index >= 15 is 0 Å². The van der Waals surface area contributed by atoms with Crippen molar-refractivity contribution in [1.29, 1.82) is 0 Å². The maximum absolute atomic E-state index is 13.8. The van der Waals surface area contributed by atoms with E-state index in [9.17, 15) is 18.0 Å². The molecule has 7 nitrogen and oxygen atoms in total. The average molecular weight is 394 g/mol. The zero-order valence-corrected chi connectivity index (χ0v) is 15.1. The number of halogens is 3. The van der Waals surface area contributed by atoms with Crippen LogP contribution in [0.1, 0.15) is 12.0 Å². The van der Waals surface area contributed by atoms with Gasteiger partial charge in [-0.25, -0.2) is 23.6 Å². The van der Waals surface area contributed by atoms with Gasteiger partial charge in [0.1, 0.15) is 11.6 Å². The molecule has 0 aliphatic carbocycles. The Labute approximate surface area is 160 Å². The highest BCUT2D eigenvalue weighted by molar-refractivity contribution is 5.76. The van der Waals surface area contributed by atoms with Crippen molar-refractivity contribution in [2.75, 3.05) is 31.1 Å². The summed E-state index contributed by atoms with van der Waals surface area (Å²) in [6.45, 7) is 2.14. The monoisotopic (exact) mass is 394 g/mol. The smallest absolute Gasteiger partial charge is 0.238 e. The van der Waals surface area contributed by atoms with E-state index in [1.54, 1.807) is 18.6 Å². The van der Waals surface area contributed by atoms with Crippen molar-refractivity contribution in [3.63, 3.8) is 0 Å². The summed E-state index contributed by atoms with van der Waals surface area (Å²) >= 11 is 0. The van der Waals surface area contributed by atoms with Crippen molar-refractivity contribution in [3.05, 3.63) is 53.7 Å². The van der Waals surface area contributed by atoms with Gasteiger partial charge in [-0.05, 0) is 18.1 Å². The number of rotatable bonds is 5. The second-order valence-corrected chi connectivity index (χ2v) is 6.53. The van der Waals surface area contributed by atoms with E-state index < -0.39 is 23.5 Å². The van der Waals surface area contributed by atoms with E-state index in [0.717, 1.165) is 11.9 Å². The minimum Gasteiger partial charge on any atom is -0.352 e. The summed E-state index contributed by atoms with van der Waals surface area (Å²) in [5.74, 6) is -2.81. The van der Waals surface area contributed by atoms with Crippen LogP contribution in [0.4, 0.5) is 19.0 Å². The topological polar surface area (TPSA) is 87.4 Å². The molecule has 2 heterocycles. The normalized spacial score (nSPS) is 16.0. The van der Waals surface area contributed by atoms with Gasteiger partial charge < -0.3 is 10.6 Å². The molecule has 3 N–H and O–H groups in total. The fraction of sp³-hybridized carbons (Fsp3) is 0.389. The number of hydrazine groups is 1. The van der Waals surface area contributed by atoms with Crippen LogP contribution in [0, 0.1) is 17.5 Å². The lowest BCUT2D eigenvalue weighted by Gasteiger charge is -2.23. The Morgan fingerprint density at radius 3 is 2.68 bits per heavy atom. The average Bonchev–Trinajstić information content (AvgIpc) is 2.93. The molecule has 1 aromatic heterocycles. The highest BCUT2D eigenvalue weighted by Gasteiger charge is 2.22. The minimum absolute atomic E-state index is 0.0585. The molecule has 3 rings (SSSR count).